The lowest BCUT2D eigenvalue weighted by Gasteiger charge is -2.36. The number of fused-ring (bicyclic) bond motifs is 1. The van der Waals surface area contributed by atoms with Crippen LogP contribution >= 0.6 is 11.6 Å². The summed E-state index contributed by atoms with van der Waals surface area (Å²) in [7, 11) is 0. The van der Waals surface area contributed by atoms with Crippen LogP contribution in [0.2, 0.25) is 5.02 Å². The van der Waals surface area contributed by atoms with E-state index in [4.69, 9.17) is 11.6 Å². The van der Waals surface area contributed by atoms with Gasteiger partial charge in [-0.2, -0.15) is 0 Å². The van der Waals surface area contributed by atoms with Crippen molar-refractivity contribution < 1.29 is 9.18 Å². The fraction of sp³-hybridized carbons (Fsp3) is 0.250. The molecule has 0 aliphatic carbocycles. The maximum Gasteiger partial charge on any atom is 0.270 e. The summed E-state index contributed by atoms with van der Waals surface area (Å²) in [5.74, 6) is -0.335. The molecule has 3 aromatic rings. The van der Waals surface area contributed by atoms with Gasteiger partial charge in [0.15, 0.2) is 0 Å². The molecule has 1 amide bonds. The highest BCUT2D eigenvalue weighted by molar-refractivity contribution is 6.30. The van der Waals surface area contributed by atoms with E-state index < -0.39 is 0 Å². The number of H-pyrrole nitrogens is 1. The fourth-order valence-corrected chi connectivity index (χ4v) is 3.70. The van der Waals surface area contributed by atoms with Crippen molar-refractivity contribution in [2.24, 2.45) is 0 Å². The molecule has 0 saturated carbocycles. The van der Waals surface area contributed by atoms with Crippen molar-refractivity contribution >= 4 is 34.1 Å². The molecule has 2 aromatic carbocycles. The van der Waals surface area contributed by atoms with Gasteiger partial charge in [-0.05, 0) is 48.9 Å². The number of amides is 1. The summed E-state index contributed by atoms with van der Waals surface area (Å²) < 4.78 is 13.5. The van der Waals surface area contributed by atoms with Crippen LogP contribution in [-0.4, -0.2) is 42.0 Å². The number of carbonyl (C=O) groups is 1. The molecule has 1 aromatic heterocycles. The number of carbonyl (C=O) groups excluding carboxylic acids is 1. The molecule has 0 radical (unpaired) electrons. The Morgan fingerprint density at radius 2 is 1.88 bits per heavy atom. The van der Waals surface area contributed by atoms with Crippen molar-refractivity contribution in [1.29, 1.82) is 0 Å². The van der Waals surface area contributed by atoms with Crippen LogP contribution in [0.1, 0.15) is 16.1 Å². The molecule has 1 fully saturated rings. The van der Waals surface area contributed by atoms with Crippen molar-refractivity contribution in [3.8, 4) is 0 Å². The van der Waals surface area contributed by atoms with Gasteiger partial charge >= 0.3 is 0 Å². The van der Waals surface area contributed by atoms with Gasteiger partial charge in [-0.1, -0.05) is 17.7 Å². The molecule has 134 valence electrons. The first-order chi connectivity index (χ1) is 12.5. The number of halogens is 2. The largest absolute Gasteiger partial charge is 0.368 e. The van der Waals surface area contributed by atoms with Crippen LogP contribution in [0, 0.1) is 12.7 Å². The number of nitrogens with one attached hydrogen (secondary N) is 1. The van der Waals surface area contributed by atoms with Crippen molar-refractivity contribution in [1.82, 2.24) is 9.88 Å². The minimum atomic E-state index is -0.297. The van der Waals surface area contributed by atoms with Gasteiger partial charge < -0.3 is 14.8 Å². The molecule has 0 unspecified atom stereocenters. The van der Waals surface area contributed by atoms with Crippen molar-refractivity contribution in [3.05, 3.63) is 64.6 Å². The van der Waals surface area contributed by atoms with Gasteiger partial charge in [0.2, 0.25) is 0 Å². The molecular weight excluding hydrogens is 353 g/mol. The monoisotopic (exact) mass is 371 g/mol. The lowest BCUT2D eigenvalue weighted by atomic mass is 10.1. The predicted octanol–water partition coefficient (Wildman–Crippen LogP) is 4.23. The van der Waals surface area contributed by atoms with E-state index in [0.29, 0.717) is 23.8 Å². The maximum atomic E-state index is 13.5. The molecule has 6 heteroatoms. The van der Waals surface area contributed by atoms with Crippen LogP contribution in [0.25, 0.3) is 10.9 Å². The molecule has 1 N–H and O–H groups in total. The van der Waals surface area contributed by atoms with Gasteiger partial charge in [0.05, 0.1) is 0 Å². The Morgan fingerprint density at radius 3 is 2.62 bits per heavy atom. The number of aromatic nitrogens is 1. The Kier molecular flexibility index (Phi) is 4.32. The molecule has 0 bridgehead atoms. The number of rotatable bonds is 2. The number of anilines is 1. The SMILES string of the molecule is Cc1c(C(=O)N2CCN(c3cccc(Cl)c3)CC2)[nH]c2ccc(F)cc12. The second-order valence-electron chi connectivity index (χ2n) is 6.57. The molecule has 1 aliphatic heterocycles. The molecule has 0 spiro atoms. The van der Waals surface area contributed by atoms with Crippen molar-refractivity contribution in [2.45, 2.75) is 6.92 Å². The van der Waals surface area contributed by atoms with Crippen LogP contribution < -0.4 is 4.90 Å². The lowest BCUT2D eigenvalue weighted by molar-refractivity contribution is 0.0741. The number of aromatic amines is 1. The Balaban J connectivity index is 1.51. The van der Waals surface area contributed by atoms with Crippen LogP contribution in [-0.2, 0) is 0 Å². The summed E-state index contributed by atoms with van der Waals surface area (Å²) in [4.78, 5) is 20.2. The van der Waals surface area contributed by atoms with Gasteiger partial charge in [0, 0.05) is 47.8 Å². The van der Waals surface area contributed by atoms with E-state index in [1.165, 1.54) is 12.1 Å². The molecule has 4 nitrogen and oxygen atoms in total. The molecule has 2 heterocycles. The summed E-state index contributed by atoms with van der Waals surface area (Å²) in [6.07, 6.45) is 0. The van der Waals surface area contributed by atoms with Crippen molar-refractivity contribution in [2.75, 3.05) is 31.1 Å². The predicted molar refractivity (Wildman–Crippen MR) is 103 cm³/mol. The molecular formula is C20H19ClFN3O. The van der Waals surface area contributed by atoms with Gasteiger partial charge in [0.25, 0.3) is 5.91 Å². The maximum absolute atomic E-state index is 13.5. The van der Waals surface area contributed by atoms with E-state index in [2.05, 4.69) is 9.88 Å². The topological polar surface area (TPSA) is 39.3 Å². The van der Waals surface area contributed by atoms with E-state index in [1.807, 2.05) is 36.1 Å². The van der Waals surface area contributed by atoms with E-state index in [-0.39, 0.29) is 11.7 Å². The number of nitrogens with zero attached hydrogens (tertiary/aromatic N) is 2. The molecule has 1 aliphatic rings. The van der Waals surface area contributed by atoms with Gasteiger partial charge in [-0.3, -0.25) is 4.79 Å². The Bertz CT molecular complexity index is 976. The summed E-state index contributed by atoms with van der Waals surface area (Å²) in [6.45, 7) is 4.62. The number of piperazine rings is 1. The lowest BCUT2D eigenvalue weighted by Crippen LogP contribution is -2.49. The third kappa shape index (κ3) is 3.03. The van der Waals surface area contributed by atoms with E-state index in [9.17, 15) is 9.18 Å². The smallest absolute Gasteiger partial charge is 0.270 e. The number of aryl methyl sites for hydroxylation is 1. The molecule has 0 atom stereocenters. The highest BCUT2D eigenvalue weighted by Gasteiger charge is 2.25. The van der Waals surface area contributed by atoms with E-state index >= 15 is 0 Å². The molecule has 4 rings (SSSR count). The first-order valence-electron chi connectivity index (χ1n) is 8.60. The van der Waals surface area contributed by atoms with Crippen LogP contribution in [0.4, 0.5) is 10.1 Å². The fourth-order valence-electron chi connectivity index (χ4n) is 3.51. The number of benzene rings is 2. The third-order valence-corrected chi connectivity index (χ3v) is 5.21. The van der Waals surface area contributed by atoms with Crippen LogP contribution in [0.5, 0.6) is 0 Å². The van der Waals surface area contributed by atoms with Crippen molar-refractivity contribution in [3.63, 3.8) is 0 Å². The molecule has 26 heavy (non-hydrogen) atoms. The summed E-state index contributed by atoms with van der Waals surface area (Å²) >= 11 is 6.07. The van der Waals surface area contributed by atoms with Gasteiger partial charge in [-0.15, -0.1) is 0 Å². The second-order valence-corrected chi connectivity index (χ2v) is 7.01. The Morgan fingerprint density at radius 1 is 1.12 bits per heavy atom. The average molecular weight is 372 g/mol. The zero-order valence-corrected chi connectivity index (χ0v) is 15.2. The normalized spacial score (nSPS) is 14.9. The Labute approximate surface area is 156 Å². The molecule has 1 saturated heterocycles. The number of hydrogen-bond donors (Lipinski definition) is 1. The van der Waals surface area contributed by atoms with E-state index in [0.717, 1.165) is 35.2 Å². The summed E-state index contributed by atoms with van der Waals surface area (Å²) in [5.41, 5.74) is 3.19. The zero-order chi connectivity index (χ0) is 18.3. The first-order valence-corrected chi connectivity index (χ1v) is 8.98. The van der Waals surface area contributed by atoms with Crippen LogP contribution in [0.3, 0.4) is 0 Å². The van der Waals surface area contributed by atoms with E-state index in [1.54, 1.807) is 6.07 Å². The second kappa shape index (κ2) is 6.65. The highest BCUT2D eigenvalue weighted by atomic mass is 35.5. The first kappa shape index (κ1) is 16.9. The van der Waals surface area contributed by atoms with Gasteiger partial charge in [0.1, 0.15) is 11.5 Å². The standard InChI is InChI=1S/C20H19ClFN3O/c1-13-17-12-15(22)5-6-18(17)23-19(13)20(26)25-9-7-24(8-10-25)16-4-2-3-14(21)11-16/h2-6,11-12,23H,7-10H2,1H3. The van der Waals surface area contributed by atoms with Gasteiger partial charge in [-0.25, -0.2) is 4.39 Å². The summed E-state index contributed by atoms with van der Waals surface area (Å²) in [5, 5.41) is 1.47. The number of hydrogen-bond acceptors (Lipinski definition) is 2. The summed E-state index contributed by atoms with van der Waals surface area (Å²) in [6, 6.07) is 12.3. The van der Waals surface area contributed by atoms with Crippen LogP contribution in [0.15, 0.2) is 42.5 Å². The highest BCUT2D eigenvalue weighted by Crippen LogP contribution is 2.25. The zero-order valence-electron chi connectivity index (χ0n) is 14.4. The average Bonchev–Trinajstić information content (AvgIpc) is 2.97. The minimum Gasteiger partial charge on any atom is -0.368 e. The minimum absolute atomic E-state index is 0.0372. The quantitative estimate of drug-likeness (QED) is 0.732. The third-order valence-electron chi connectivity index (χ3n) is 4.97. The Hall–Kier alpha value is -2.53.